The summed E-state index contributed by atoms with van der Waals surface area (Å²) in [6, 6.07) is 7.22. The monoisotopic (exact) mass is 256 g/mol. The molecular weight excluding hydrogens is 236 g/mol. The predicted octanol–water partition coefficient (Wildman–Crippen LogP) is 2.66. The van der Waals surface area contributed by atoms with Crippen molar-refractivity contribution in [2.45, 2.75) is 33.2 Å². The van der Waals surface area contributed by atoms with Gasteiger partial charge in [0.2, 0.25) is 10.0 Å². The van der Waals surface area contributed by atoms with Crippen LogP contribution in [0, 0.1) is 0 Å². The van der Waals surface area contributed by atoms with Crippen molar-refractivity contribution in [3.05, 3.63) is 24.3 Å². The molecule has 1 rings (SSSR count). The molecule has 5 heteroatoms. The van der Waals surface area contributed by atoms with E-state index in [1.165, 1.54) is 0 Å². The zero-order chi connectivity index (χ0) is 13.1. The van der Waals surface area contributed by atoms with Crippen molar-refractivity contribution in [3.8, 4) is 0 Å². The fourth-order valence-corrected chi connectivity index (χ4v) is 1.95. The molecule has 0 heterocycles. The Labute approximate surface area is 103 Å². The van der Waals surface area contributed by atoms with Crippen LogP contribution in [-0.4, -0.2) is 19.7 Å². The molecule has 1 aromatic carbocycles. The summed E-state index contributed by atoms with van der Waals surface area (Å²) in [4.78, 5) is 0. The van der Waals surface area contributed by atoms with Gasteiger partial charge in [0.05, 0.1) is 5.75 Å². The summed E-state index contributed by atoms with van der Waals surface area (Å²) in [7, 11) is -3.19. The van der Waals surface area contributed by atoms with Crippen molar-refractivity contribution in [3.63, 3.8) is 0 Å². The van der Waals surface area contributed by atoms with Gasteiger partial charge >= 0.3 is 0 Å². The fourth-order valence-electron chi connectivity index (χ4n) is 1.31. The van der Waals surface area contributed by atoms with E-state index in [1.54, 1.807) is 19.1 Å². The molecule has 0 amide bonds. The second-order valence-corrected chi connectivity index (χ2v) is 6.97. The molecule has 0 aliphatic carbocycles. The van der Waals surface area contributed by atoms with Gasteiger partial charge in [0.25, 0.3) is 0 Å². The van der Waals surface area contributed by atoms with Gasteiger partial charge < -0.3 is 5.32 Å². The van der Waals surface area contributed by atoms with Crippen LogP contribution in [0.3, 0.4) is 0 Å². The highest BCUT2D eigenvalue weighted by atomic mass is 32.2. The van der Waals surface area contributed by atoms with Crippen LogP contribution < -0.4 is 10.0 Å². The maximum absolute atomic E-state index is 11.4. The Kier molecular flexibility index (Phi) is 4.03. The minimum atomic E-state index is -3.19. The smallest absolute Gasteiger partial charge is 0.232 e. The third kappa shape index (κ3) is 5.08. The lowest BCUT2D eigenvalue weighted by atomic mass is 10.1. The van der Waals surface area contributed by atoms with Crippen LogP contribution in [-0.2, 0) is 10.0 Å². The topological polar surface area (TPSA) is 58.2 Å². The fraction of sp³-hybridized carbons (Fsp3) is 0.500. The van der Waals surface area contributed by atoms with E-state index in [9.17, 15) is 8.42 Å². The molecule has 0 bridgehead atoms. The van der Waals surface area contributed by atoms with E-state index in [-0.39, 0.29) is 11.3 Å². The number of benzene rings is 1. The van der Waals surface area contributed by atoms with Crippen molar-refractivity contribution in [1.82, 2.24) is 0 Å². The summed E-state index contributed by atoms with van der Waals surface area (Å²) >= 11 is 0. The molecular formula is C12H20N2O2S. The van der Waals surface area contributed by atoms with Gasteiger partial charge in [0.15, 0.2) is 0 Å². The highest BCUT2D eigenvalue weighted by molar-refractivity contribution is 7.92. The molecule has 17 heavy (non-hydrogen) atoms. The summed E-state index contributed by atoms with van der Waals surface area (Å²) in [6.07, 6.45) is 0. The van der Waals surface area contributed by atoms with Gasteiger partial charge in [-0.2, -0.15) is 0 Å². The first kappa shape index (κ1) is 13.8. The normalized spacial score (nSPS) is 12.2. The van der Waals surface area contributed by atoms with Crippen LogP contribution in [0.4, 0.5) is 11.4 Å². The Morgan fingerprint density at radius 3 is 1.94 bits per heavy atom. The lowest BCUT2D eigenvalue weighted by Gasteiger charge is -2.22. The minimum Gasteiger partial charge on any atom is -0.380 e. The average Bonchev–Trinajstić information content (AvgIpc) is 2.19. The van der Waals surface area contributed by atoms with Crippen LogP contribution in [0.15, 0.2) is 24.3 Å². The molecule has 1 aromatic rings. The molecule has 2 N–H and O–H groups in total. The lowest BCUT2D eigenvalue weighted by molar-refractivity contribution is 0.602. The Bertz CT molecular complexity index is 458. The molecule has 0 unspecified atom stereocenters. The van der Waals surface area contributed by atoms with E-state index in [2.05, 4.69) is 30.8 Å². The number of rotatable bonds is 4. The maximum atomic E-state index is 11.4. The van der Waals surface area contributed by atoms with E-state index in [0.717, 1.165) is 5.69 Å². The summed E-state index contributed by atoms with van der Waals surface area (Å²) in [5.41, 5.74) is 1.55. The second kappa shape index (κ2) is 4.96. The van der Waals surface area contributed by atoms with E-state index in [0.29, 0.717) is 5.69 Å². The summed E-state index contributed by atoms with van der Waals surface area (Å²) in [6.45, 7) is 7.82. The highest BCUT2D eigenvalue weighted by Gasteiger charge is 2.10. The quantitative estimate of drug-likeness (QED) is 0.870. The number of sulfonamides is 1. The zero-order valence-electron chi connectivity index (χ0n) is 10.7. The molecule has 0 aliphatic rings. The summed E-state index contributed by atoms with van der Waals surface area (Å²) < 4.78 is 25.2. The van der Waals surface area contributed by atoms with Gasteiger partial charge in [-0.15, -0.1) is 0 Å². The Hall–Kier alpha value is -1.23. The highest BCUT2D eigenvalue weighted by Crippen LogP contribution is 2.18. The lowest BCUT2D eigenvalue weighted by Crippen LogP contribution is -2.25. The molecule has 0 saturated heterocycles. The predicted molar refractivity (Wildman–Crippen MR) is 72.9 cm³/mol. The minimum absolute atomic E-state index is 0.00948. The van der Waals surface area contributed by atoms with E-state index >= 15 is 0 Å². The third-order valence-electron chi connectivity index (χ3n) is 2.06. The first-order valence-corrected chi connectivity index (χ1v) is 7.26. The average molecular weight is 256 g/mol. The first-order chi connectivity index (χ1) is 7.72. The standard InChI is InChI=1S/C12H20N2O2S/c1-5-17(15,16)14-11-8-6-10(7-9-11)13-12(2,3)4/h6-9,13-14H,5H2,1-4H3. The molecule has 0 atom stereocenters. The van der Waals surface area contributed by atoms with Crippen LogP contribution in [0.2, 0.25) is 0 Å². The van der Waals surface area contributed by atoms with E-state index < -0.39 is 10.0 Å². The van der Waals surface area contributed by atoms with E-state index in [4.69, 9.17) is 0 Å². The second-order valence-electron chi connectivity index (χ2n) is 4.96. The SMILES string of the molecule is CCS(=O)(=O)Nc1ccc(NC(C)(C)C)cc1. The van der Waals surface area contributed by atoms with Crippen molar-refractivity contribution in [2.75, 3.05) is 15.8 Å². The summed E-state index contributed by atoms with van der Waals surface area (Å²) in [5, 5.41) is 3.31. The van der Waals surface area contributed by atoms with Gasteiger partial charge in [-0.1, -0.05) is 0 Å². The molecule has 0 saturated carbocycles. The Morgan fingerprint density at radius 2 is 1.53 bits per heavy atom. The third-order valence-corrected chi connectivity index (χ3v) is 3.36. The van der Waals surface area contributed by atoms with Crippen LogP contribution in [0.5, 0.6) is 0 Å². The molecule has 4 nitrogen and oxygen atoms in total. The van der Waals surface area contributed by atoms with Crippen LogP contribution in [0.1, 0.15) is 27.7 Å². The Morgan fingerprint density at radius 1 is 1.06 bits per heavy atom. The molecule has 0 fully saturated rings. The molecule has 0 aromatic heterocycles. The molecule has 0 radical (unpaired) electrons. The number of hydrogen-bond donors (Lipinski definition) is 2. The first-order valence-electron chi connectivity index (χ1n) is 5.60. The van der Waals surface area contributed by atoms with Crippen LogP contribution in [0.25, 0.3) is 0 Å². The summed E-state index contributed by atoms with van der Waals surface area (Å²) in [5.74, 6) is 0.0784. The zero-order valence-corrected chi connectivity index (χ0v) is 11.6. The molecule has 96 valence electrons. The van der Waals surface area contributed by atoms with Gasteiger partial charge in [-0.25, -0.2) is 8.42 Å². The van der Waals surface area contributed by atoms with Gasteiger partial charge in [-0.3, -0.25) is 4.72 Å². The number of hydrogen-bond acceptors (Lipinski definition) is 3. The Balaban J connectivity index is 2.76. The van der Waals surface area contributed by atoms with Crippen molar-refractivity contribution in [1.29, 1.82) is 0 Å². The van der Waals surface area contributed by atoms with Gasteiger partial charge in [0.1, 0.15) is 0 Å². The maximum Gasteiger partial charge on any atom is 0.232 e. The van der Waals surface area contributed by atoms with Crippen LogP contribution >= 0.6 is 0 Å². The van der Waals surface area contributed by atoms with Gasteiger partial charge in [-0.05, 0) is 52.0 Å². The van der Waals surface area contributed by atoms with Crippen molar-refractivity contribution in [2.24, 2.45) is 0 Å². The number of nitrogens with one attached hydrogen (secondary N) is 2. The van der Waals surface area contributed by atoms with E-state index in [1.807, 2.05) is 12.1 Å². The van der Waals surface area contributed by atoms with Gasteiger partial charge in [0, 0.05) is 16.9 Å². The largest absolute Gasteiger partial charge is 0.380 e. The molecule has 0 spiro atoms. The molecule has 0 aliphatic heterocycles. The number of anilines is 2. The van der Waals surface area contributed by atoms with Crippen molar-refractivity contribution >= 4 is 21.4 Å². The van der Waals surface area contributed by atoms with Crippen molar-refractivity contribution < 1.29 is 8.42 Å².